The first kappa shape index (κ1) is 19.9. The summed E-state index contributed by atoms with van der Waals surface area (Å²) in [5.41, 5.74) is 2.15. The maximum absolute atomic E-state index is 14.1. The summed E-state index contributed by atoms with van der Waals surface area (Å²) in [6, 6.07) is 9.64. The van der Waals surface area contributed by atoms with E-state index in [1.54, 1.807) is 48.6 Å². The number of hydrogen-bond acceptors (Lipinski definition) is 4. The molecule has 0 fully saturated rings. The van der Waals surface area contributed by atoms with Crippen molar-refractivity contribution < 1.29 is 12.8 Å². The molecular weight excluding hydrogens is 353 g/mol. The van der Waals surface area contributed by atoms with Crippen LogP contribution in [0.4, 0.5) is 21.5 Å². The summed E-state index contributed by atoms with van der Waals surface area (Å²) in [6.07, 6.45) is 2.75. The molecule has 0 aliphatic heterocycles. The molecule has 26 heavy (non-hydrogen) atoms. The molecule has 5 nitrogen and oxygen atoms in total. The first-order valence-corrected chi connectivity index (χ1v) is 10.1. The third-order valence-corrected chi connectivity index (χ3v) is 5.27. The van der Waals surface area contributed by atoms with E-state index < -0.39 is 9.84 Å². The van der Waals surface area contributed by atoms with Gasteiger partial charge in [-0.1, -0.05) is 12.1 Å². The van der Waals surface area contributed by atoms with Crippen LogP contribution < -0.4 is 4.90 Å². The minimum Gasteiger partial charge on any atom is -0.366 e. The Bertz CT molecular complexity index is 926. The largest absolute Gasteiger partial charge is 0.366 e. The molecule has 2 rings (SSSR count). The Balaban J connectivity index is 2.60. The highest BCUT2D eigenvalue weighted by Gasteiger charge is 2.19. The quantitative estimate of drug-likeness (QED) is 0.566. The molecule has 140 valence electrons. The number of aliphatic imine (C=N–C) groups is 1. The normalized spacial score (nSPS) is 11.8. The molecule has 7 heteroatoms. The third kappa shape index (κ3) is 4.40. The second-order valence-corrected chi connectivity index (χ2v) is 8.19. The zero-order valence-electron chi connectivity index (χ0n) is 15.7. The van der Waals surface area contributed by atoms with Crippen LogP contribution in [-0.4, -0.2) is 46.6 Å². The predicted octanol–water partition coefficient (Wildman–Crippen LogP) is 3.92. The van der Waals surface area contributed by atoms with Gasteiger partial charge in [0.15, 0.2) is 9.84 Å². The Morgan fingerprint density at radius 2 is 1.81 bits per heavy atom. The first-order valence-electron chi connectivity index (χ1n) is 8.22. The lowest BCUT2D eigenvalue weighted by Crippen LogP contribution is -2.15. The number of anilines is 2. The predicted molar refractivity (Wildman–Crippen MR) is 105 cm³/mol. The van der Waals surface area contributed by atoms with Crippen molar-refractivity contribution in [3.8, 4) is 0 Å². The second kappa shape index (κ2) is 7.86. The van der Waals surface area contributed by atoms with Gasteiger partial charge in [-0.3, -0.25) is 0 Å². The zero-order chi connectivity index (χ0) is 19.5. The fourth-order valence-corrected chi connectivity index (χ4v) is 3.33. The maximum Gasteiger partial charge on any atom is 0.177 e. The van der Waals surface area contributed by atoms with Gasteiger partial charge in [-0.25, -0.2) is 17.8 Å². The van der Waals surface area contributed by atoms with Gasteiger partial charge < -0.3 is 9.80 Å². The first-order chi connectivity index (χ1) is 12.1. The van der Waals surface area contributed by atoms with E-state index in [-0.39, 0.29) is 10.7 Å². The van der Waals surface area contributed by atoms with Crippen molar-refractivity contribution in [2.75, 3.05) is 31.8 Å². The lowest BCUT2D eigenvalue weighted by Gasteiger charge is -2.23. The average Bonchev–Trinajstić information content (AvgIpc) is 2.58. The molecule has 0 unspecified atom stereocenters. The van der Waals surface area contributed by atoms with Crippen LogP contribution in [0, 0.1) is 12.7 Å². The number of rotatable bonds is 6. The number of nitrogens with zero attached hydrogens (tertiary/aromatic N) is 3. The van der Waals surface area contributed by atoms with Crippen LogP contribution in [-0.2, 0) is 9.84 Å². The van der Waals surface area contributed by atoms with Gasteiger partial charge in [0.1, 0.15) is 5.82 Å². The van der Waals surface area contributed by atoms with Crippen molar-refractivity contribution in [3.63, 3.8) is 0 Å². The Kier molecular flexibility index (Phi) is 6.02. The van der Waals surface area contributed by atoms with E-state index in [4.69, 9.17) is 0 Å². The number of para-hydroxylation sites is 1. The average molecular weight is 377 g/mol. The van der Waals surface area contributed by atoms with Crippen LogP contribution in [0.2, 0.25) is 0 Å². The zero-order valence-corrected chi connectivity index (χ0v) is 16.5. The number of aryl methyl sites for hydroxylation is 1. The molecule has 2 aromatic rings. The maximum atomic E-state index is 14.1. The number of halogens is 1. The van der Waals surface area contributed by atoms with Gasteiger partial charge in [0.25, 0.3) is 0 Å². The summed E-state index contributed by atoms with van der Waals surface area (Å²) in [7, 11) is 0.0610. The molecule has 0 radical (unpaired) electrons. The minimum absolute atomic E-state index is 0.113. The van der Waals surface area contributed by atoms with Crippen LogP contribution in [0.5, 0.6) is 0 Å². The third-order valence-electron chi connectivity index (χ3n) is 4.14. The fourth-order valence-electron chi connectivity index (χ4n) is 2.52. The van der Waals surface area contributed by atoms with E-state index in [1.165, 1.54) is 6.07 Å². The van der Waals surface area contributed by atoms with Crippen molar-refractivity contribution in [3.05, 3.63) is 47.8 Å². The summed E-state index contributed by atoms with van der Waals surface area (Å²) in [6.45, 7) is 4.58. The number of benzene rings is 2. The fraction of sp³-hybridized carbons (Fsp3) is 0.316. The number of sulfone groups is 1. The minimum atomic E-state index is -3.51. The molecular formula is C19H24FN3O2S. The van der Waals surface area contributed by atoms with Gasteiger partial charge >= 0.3 is 0 Å². The van der Waals surface area contributed by atoms with E-state index in [0.717, 1.165) is 18.4 Å². The molecule has 0 spiro atoms. The van der Waals surface area contributed by atoms with Crippen molar-refractivity contribution in [2.24, 2.45) is 4.99 Å². The van der Waals surface area contributed by atoms with Crippen molar-refractivity contribution in [2.45, 2.75) is 18.7 Å². The van der Waals surface area contributed by atoms with Crippen LogP contribution in [0.15, 0.2) is 46.3 Å². The summed E-state index contributed by atoms with van der Waals surface area (Å²) in [5, 5.41) is 0. The van der Waals surface area contributed by atoms with Crippen LogP contribution in [0.25, 0.3) is 0 Å². The van der Waals surface area contributed by atoms with E-state index >= 15 is 0 Å². The Hall–Kier alpha value is -2.41. The number of hydrogen-bond donors (Lipinski definition) is 0. The molecule has 0 saturated carbocycles. The monoisotopic (exact) mass is 377 g/mol. The molecule has 0 bridgehead atoms. The molecule has 0 aliphatic carbocycles. The van der Waals surface area contributed by atoms with E-state index in [9.17, 15) is 12.8 Å². The van der Waals surface area contributed by atoms with E-state index in [1.807, 2.05) is 25.8 Å². The molecule has 0 aliphatic rings. The van der Waals surface area contributed by atoms with Gasteiger partial charge in [-0.15, -0.1) is 0 Å². The van der Waals surface area contributed by atoms with Crippen LogP contribution in [0.1, 0.15) is 12.5 Å². The van der Waals surface area contributed by atoms with Crippen LogP contribution >= 0.6 is 0 Å². The van der Waals surface area contributed by atoms with Crippen molar-refractivity contribution in [1.29, 1.82) is 0 Å². The van der Waals surface area contributed by atoms with Crippen LogP contribution in [0.3, 0.4) is 0 Å². The van der Waals surface area contributed by atoms with Gasteiger partial charge in [-0.05, 0) is 43.7 Å². The Morgan fingerprint density at radius 3 is 2.38 bits per heavy atom. The Morgan fingerprint density at radius 1 is 1.15 bits per heavy atom. The van der Waals surface area contributed by atoms with E-state index in [0.29, 0.717) is 17.1 Å². The summed E-state index contributed by atoms with van der Waals surface area (Å²) < 4.78 is 38.7. The smallest absolute Gasteiger partial charge is 0.177 e. The molecule has 0 N–H and O–H groups in total. The summed E-state index contributed by atoms with van der Waals surface area (Å²) >= 11 is 0. The molecule has 0 heterocycles. The van der Waals surface area contributed by atoms with Crippen molar-refractivity contribution >= 4 is 33.2 Å². The highest BCUT2D eigenvalue weighted by Crippen LogP contribution is 2.35. The lowest BCUT2D eigenvalue weighted by molar-refractivity contribution is 0.552. The standard InChI is InChI=1S/C19H24FN3O2S/c1-6-22(3)13-21-16-11-14(2)18(12-19(16)26(5,24)25)23(4)17-10-8-7-9-15(17)20/h7-13H,6H2,1-5H3. The summed E-state index contributed by atoms with van der Waals surface area (Å²) in [5.74, 6) is -0.373. The van der Waals surface area contributed by atoms with Crippen molar-refractivity contribution in [1.82, 2.24) is 4.90 Å². The van der Waals surface area contributed by atoms with Gasteiger partial charge in [0, 0.05) is 32.6 Å². The van der Waals surface area contributed by atoms with Gasteiger partial charge in [0.2, 0.25) is 0 Å². The highest BCUT2D eigenvalue weighted by atomic mass is 32.2. The molecule has 0 atom stereocenters. The molecule has 0 amide bonds. The summed E-state index contributed by atoms with van der Waals surface area (Å²) in [4.78, 5) is 7.93. The van der Waals surface area contributed by atoms with Gasteiger partial charge in [-0.2, -0.15) is 0 Å². The molecule has 0 saturated heterocycles. The molecule has 0 aromatic heterocycles. The van der Waals surface area contributed by atoms with E-state index in [2.05, 4.69) is 4.99 Å². The highest BCUT2D eigenvalue weighted by molar-refractivity contribution is 7.90. The lowest BCUT2D eigenvalue weighted by atomic mass is 10.1. The SMILES string of the molecule is CCN(C)C=Nc1cc(C)c(N(C)c2ccccc2F)cc1S(C)(=O)=O. The Labute approximate surface area is 154 Å². The van der Waals surface area contributed by atoms with Gasteiger partial charge in [0.05, 0.1) is 22.6 Å². The molecule has 2 aromatic carbocycles. The second-order valence-electron chi connectivity index (χ2n) is 6.21. The topological polar surface area (TPSA) is 53.0 Å².